The molecular weight excluding hydrogens is 417 g/mol. The van der Waals surface area contributed by atoms with E-state index in [2.05, 4.69) is 16.6 Å². The van der Waals surface area contributed by atoms with E-state index in [1.165, 1.54) is 5.56 Å². The summed E-state index contributed by atoms with van der Waals surface area (Å²) in [6.45, 7) is 5.30. The maximum atomic E-state index is 13.2. The van der Waals surface area contributed by atoms with Crippen molar-refractivity contribution >= 4 is 46.2 Å². The standard InChI is InChI=1S/C24H21Cl2N3O/c1-2-3-4-10-27-13-17-14-29(24(30)16-6-5-7-18(25)11-16)15-22-23(17)20-12-19(26)8-9-21(20)28-22/h2-12,17,28H,1,13-15H2/b4-3-,27-10?. The number of rotatable bonds is 5. The maximum Gasteiger partial charge on any atom is 0.254 e. The fourth-order valence-electron chi connectivity index (χ4n) is 3.93. The van der Waals surface area contributed by atoms with E-state index in [1.54, 1.807) is 36.6 Å². The molecule has 2 aromatic carbocycles. The van der Waals surface area contributed by atoms with E-state index in [9.17, 15) is 4.79 Å². The highest BCUT2D eigenvalue weighted by Crippen LogP contribution is 2.36. The Morgan fingerprint density at radius 2 is 2.03 bits per heavy atom. The van der Waals surface area contributed by atoms with Gasteiger partial charge in [0.25, 0.3) is 5.91 Å². The van der Waals surface area contributed by atoms with Crippen LogP contribution in [0.25, 0.3) is 10.9 Å². The second-order valence-corrected chi connectivity index (χ2v) is 8.11. The van der Waals surface area contributed by atoms with E-state index >= 15 is 0 Å². The highest BCUT2D eigenvalue weighted by Gasteiger charge is 2.31. The zero-order valence-electron chi connectivity index (χ0n) is 16.3. The van der Waals surface area contributed by atoms with Crippen LogP contribution >= 0.6 is 23.2 Å². The maximum absolute atomic E-state index is 13.2. The third kappa shape index (κ3) is 4.20. The number of hydrogen-bond acceptors (Lipinski definition) is 2. The molecule has 0 spiro atoms. The highest BCUT2D eigenvalue weighted by atomic mass is 35.5. The molecule has 1 N–H and O–H groups in total. The Bertz CT molecular complexity index is 1160. The number of benzene rings is 2. The first kappa shape index (κ1) is 20.5. The molecule has 0 radical (unpaired) electrons. The van der Waals surface area contributed by atoms with Crippen LogP contribution in [-0.4, -0.2) is 35.1 Å². The summed E-state index contributed by atoms with van der Waals surface area (Å²) in [5.41, 5.74) is 3.81. The Labute approximate surface area is 185 Å². The molecule has 6 heteroatoms. The molecule has 4 nitrogen and oxygen atoms in total. The number of amides is 1. The monoisotopic (exact) mass is 437 g/mol. The fraction of sp³-hybridized carbons (Fsp3) is 0.167. The molecule has 152 valence electrons. The molecular formula is C24H21Cl2N3O. The molecule has 2 heterocycles. The summed E-state index contributed by atoms with van der Waals surface area (Å²) < 4.78 is 0. The van der Waals surface area contributed by atoms with Crippen molar-refractivity contribution in [3.63, 3.8) is 0 Å². The number of aromatic nitrogens is 1. The summed E-state index contributed by atoms with van der Waals surface area (Å²) in [7, 11) is 0. The summed E-state index contributed by atoms with van der Waals surface area (Å²) in [5.74, 6) is 0.0119. The molecule has 1 aliphatic heterocycles. The van der Waals surface area contributed by atoms with Crippen molar-refractivity contribution in [1.29, 1.82) is 0 Å². The smallest absolute Gasteiger partial charge is 0.254 e. The van der Waals surface area contributed by atoms with Crippen LogP contribution in [0.1, 0.15) is 27.5 Å². The minimum Gasteiger partial charge on any atom is -0.357 e. The van der Waals surface area contributed by atoms with Crippen LogP contribution in [0.5, 0.6) is 0 Å². The van der Waals surface area contributed by atoms with Crippen molar-refractivity contribution in [3.05, 3.63) is 94.1 Å². The van der Waals surface area contributed by atoms with E-state index in [1.807, 2.05) is 35.3 Å². The Hall–Kier alpha value is -2.82. The molecule has 1 aromatic heterocycles. The molecule has 0 saturated carbocycles. The number of nitrogens with one attached hydrogen (secondary N) is 1. The van der Waals surface area contributed by atoms with Gasteiger partial charge in [0.2, 0.25) is 0 Å². The van der Waals surface area contributed by atoms with Crippen LogP contribution < -0.4 is 0 Å². The molecule has 30 heavy (non-hydrogen) atoms. The number of halogens is 2. The first-order valence-electron chi connectivity index (χ1n) is 9.69. The van der Waals surface area contributed by atoms with Gasteiger partial charge in [-0.2, -0.15) is 0 Å². The van der Waals surface area contributed by atoms with Gasteiger partial charge < -0.3 is 9.88 Å². The highest BCUT2D eigenvalue weighted by molar-refractivity contribution is 6.31. The Morgan fingerprint density at radius 3 is 2.83 bits per heavy atom. The van der Waals surface area contributed by atoms with Crippen LogP contribution in [0.15, 0.2) is 72.3 Å². The van der Waals surface area contributed by atoms with Crippen molar-refractivity contribution < 1.29 is 4.79 Å². The summed E-state index contributed by atoms with van der Waals surface area (Å²) in [6, 6.07) is 12.9. The Kier molecular flexibility index (Phi) is 6.07. The van der Waals surface area contributed by atoms with Crippen LogP contribution in [-0.2, 0) is 6.54 Å². The van der Waals surface area contributed by atoms with Gasteiger partial charge in [-0.25, -0.2) is 0 Å². The SMILES string of the molecule is C=C/C=C\C=NCC1CN(C(=O)c2cccc(Cl)c2)Cc2[nH]c3ccc(Cl)cc3c21. The quantitative estimate of drug-likeness (QED) is 0.384. The molecule has 1 aliphatic rings. The summed E-state index contributed by atoms with van der Waals surface area (Å²) in [4.78, 5) is 23.0. The summed E-state index contributed by atoms with van der Waals surface area (Å²) >= 11 is 12.4. The van der Waals surface area contributed by atoms with Crippen LogP contribution in [0.2, 0.25) is 10.0 Å². The van der Waals surface area contributed by atoms with Gasteiger partial charge >= 0.3 is 0 Å². The first-order valence-corrected chi connectivity index (χ1v) is 10.4. The number of H-pyrrole nitrogens is 1. The molecule has 4 rings (SSSR count). The third-order valence-electron chi connectivity index (χ3n) is 5.20. The minimum absolute atomic E-state index is 0.0413. The normalized spacial score (nSPS) is 16.5. The van der Waals surface area contributed by atoms with E-state index in [4.69, 9.17) is 23.2 Å². The second kappa shape index (κ2) is 8.90. The van der Waals surface area contributed by atoms with Gasteiger partial charge in [-0.1, -0.05) is 48.0 Å². The lowest BCUT2D eigenvalue weighted by Crippen LogP contribution is -2.39. The Balaban J connectivity index is 1.70. The number of hydrogen-bond donors (Lipinski definition) is 1. The summed E-state index contributed by atoms with van der Waals surface area (Å²) in [5, 5.41) is 2.33. The van der Waals surface area contributed by atoms with Gasteiger partial charge in [0, 0.05) is 57.4 Å². The molecule has 1 amide bonds. The third-order valence-corrected chi connectivity index (χ3v) is 5.67. The van der Waals surface area contributed by atoms with Crippen molar-refractivity contribution in [2.45, 2.75) is 12.5 Å². The second-order valence-electron chi connectivity index (χ2n) is 7.23. The molecule has 1 atom stereocenters. The van der Waals surface area contributed by atoms with Crippen LogP contribution in [0.4, 0.5) is 0 Å². The van der Waals surface area contributed by atoms with E-state index in [-0.39, 0.29) is 11.8 Å². The fourth-order valence-corrected chi connectivity index (χ4v) is 4.29. The van der Waals surface area contributed by atoms with E-state index in [0.29, 0.717) is 35.2 Å². The lowest BCUT2D eigenvalue weighted by Gasteiger charge is -2.32. The first-order chi connectivity index (χ1) is 14.6. The van der Waals surface area contributed by atoms with Crippen LogP contribution in [0.3, 0.4) is 0 Å². The predicted molar refractivity (Wildman–Crippen MR) is 125 cm³/mol. The zero-order chi connectivity index (χ0) is 21.1. The largest absolute Gasteiger partial charge is 0.357 e. The van der Waals surface area contributed by atoms with Crippen LogP contribution in [0, 0.1) is 0 Å². The van der Waals surface area contributed by atoms with Gasteiger partial charge in [0.05, 0.1) is 6.54 Å². The lowest BCUT2D eigenvalue weighted by atomic mass is 9.91. The van der Waals surface area contributed by atoms with Gasteiger partial charge in [0.15, 0.2) is 0 Å². The van der Waals surface area contributed by atoms with E-state index < -0.39 is 0 Å². The lowest BCUT2D eigenvalue weighted by molar-refractivity contribution is 0.0717. The van der Waals surface area contributed by atoms with Crippen molar-refractivity contribution in [1.82, 2.24) is 9.88 Å². The van der Waals surface area contributed by atoms with Crippen molar-refractivity contribution in [2.24, 2.45) is 4.99 Å². The molecule has 3 aromatic rings. The average molecular weight is 438 g/mol. The molecule has 0 bridgehead atoms. The van der Waals surface area contributed by atoms with Gasteiger partial charge in [-0.05, 0) is 48.0 Å². The average Bonchev–Trinajstić information content (AvgIpc) is 3.10. The molecule has 1 unspecified atom stereocenters. The number of carbonyl (C=O) groups excluding carboxylic acids is 1. The molecule has 0 saturated heterocycles. The predicted octanol–water partition coefficient (Wildman–Crippen LogP) is 6.03. The molecule has 0 fully saturated rings. The van der Waals surface area contributed by atoms with Gasteiger partial charge in [-0.3, -0.25) is 9.79 Å². The number of nitrogens with zero attached hydrogens (tertiary/aromatic N) is 2. The molecule has 0 aliphatic carbocycles. The minimum atomic E-state index is -0.0413. The number of aromatic amines is 1. The number of allylic oxidation sites excluding steroid dienone is 3. The number of fused-ring (bicyclic) bond motifs is 3. The number of carbonyl (C=O) groups is 1. The van der Waals surface area contributed by atoms with E-state index in [0.717, 1.165) is 16.6 Å². The van der Waals surface area contributed by atoms with Crippen molar-refractivity contribution in [3.8, 4) is 0 Å². The number of aliphatic imine (C=N–C) groups is 1. The van der Waals surface area contributed by atoms with Crippen molar-refractivity contribution in [2.75, 3.05) is 13.1 Å². The zero-order valence-corrected chi connectivity index (χ0v) is 17.8. The van der Waals surface area contributed by atoms with Gasteiger partial charge in [0.1, 0.15) is 0 Å². The Morgan fingerprint density at radius 1 is 1.20 bits per heavy atom. The van der Waals surface area contributed by atoms with Gasteiger partial charge in [-0.15, -0.1) is 0 Å². The summed E-state index contributed by atoms with van der Waals surface area (Å²) in [6.07, 6.45) is 7.15. The topological polar surface area (TPSA) is 48.5 Å².